The van der Waals surface area contributed by atoms with Gasteiger partial charge in [0.25, 0.3) is 0 Å². The van der Waals surface area contributed by atoms with Crippen molar-refractivity contribution in [3.63, 3.8) is 0 Å². The standard InChI is InChI=1S/C9H5BrClN3/c10-7-5-13-9(14-8(7)11)6-2-1-3-12-4-6/h1-5H. The monoisotopic (exact) mass is 269 g/mol. The van der Waals surface area contributed by atoms with Gasteiger partial charge in [0.1, 0.15) is 5.15 Å². The van der Waals surface area contributed by atoms with Crippen LogP contribution in [0.4, 0.5) is 0 Å². The summed E-state index contributed by atoms with van der Waals surface area (Å²) in [7, 11) is 0. The molecule has 0 saturated heterocycles. The Labute approximate surface area is 94.3 Å². The zero-order chi connectivity index (χ0) is 9.97. The third-order valence-electron chi connectivity index (χ3n) is 1.62. The predicted molar refractivity (Wildman–Crippen MR) is 58.0 cm³/mol. The van der Waals surface area contributed by atoms with Gasteiger partial charge in [-0.3, -0.25) is 4.98 Å². The van der Waals surface area contributed by atoms with Gasteiger partial charge in [0.15, 0.2) is 5.82 Å². The molecule has 3 nitrogen and oxygen atoms in total. The van der Waals surface area contributed by atoms with Gasteiger partial charge in [0, 0.05) is 24.2 Å². The molecule has 0 aliphatic heterocycles. The Morgan fingerprint density at radius 2 is 2.14 bits per heavy atom. The Hall–Kier alpha value is -1.00. The second-order valence-corrected chi connectivity index (χ2v) is 3.79. The Kier molecular flexibility index (Phi) is 2.74. The number of nitrogens with zero attached hydrogens (tertiary/aromatic N) is 3. The summed E-state index contributed by atoms with van der Waals surface area (Å²) in [6.45, 7) is 0. The number of aromatic nitrogens is 3. The molecule has 2 aromatic rings. The average molecular weight is 271 g/mol. The topological polar surface area (TPSA) is 38.7 Å². The van der Waals surface area contributed by atoms with Crippen molar-refractivity contribution in [2.75, 3.05) is 0 Å². The molecule has 0 bridgehead atoms. The summed E-state index contributed by atoms with van der Waals surface area (Å²) in [4.78, 5) is 12.2. The maximum Gasteiger partial charge on any atom is 0.162 e. The zero-order valence-electron chi connectivity index (χ0n) is 6.98. The molecular formula is C9H5BrClN3. The van der Waals surface area contributed by atoms with Gasteiger partial charge < -0.3 is 0 Å². The van der Waals surface area contributed by atoms with E-state index in [0.29, 0.717) is 15.5 Å². The molecule has 0 N–H and O–H groups in total. The lowest BCUT2D eigenvalue weighted by molar-refractivity contribution is 1.15. The van der Waals surface area contributed by atoms with E-state index in [1.54, 1.807) is 18.6 Å². The van der Waals surface area contributed by atoms with E-state index in [9.17, 15) is 0 Å². The highest BCUT2D eigenvalue weighted by Gasteiger charge is 2.04. The van der Waals surface area contributed by atoms with E-state index >= 15 is 0 Å². The molecule has 0 aliphatic carbocycles. The van der Waals surface area contributed by atoms with Crippen LogP contribution in [-0.4, -0.2) is 15.0 Å². The Morgan fingerprint density at radius 3 is 2.79 bits per heavy atom. The zero-order valence-corrected chi connectivity index (χ0v) is 9.33. The van der Waals surface area contributed by atoms with E-state index in [4.69, 9.17) is 11.6 Å². The molecule has 0 aliphatic rings. The molecule has 0 fully saturated rings. The van der Waals surface area contributed by atoms with Crippen LogP contribution in [0.2, 0.25) is 5.15 Å². The lowest BCUT2D eigenvalue weighted by Crippen LogP contribution is -1.89. The molecule has 5 heteroatoms. The van der Waals surface area contributed by atoms with Gasteiger partial charge >= 0.3 is 0 Å². The minimum atomic E-state index is 0.402. The number of rotatable bonds is 1. The summed E-state index contributed by atoms with van der Waals surface area (Å²) >= 11 is 9.07. The van der Waals surface area contributed by atoms with Crippen molar-refractivity contribution in [3.05, 3.63) is 40.3 Å². The van der Waals surface area contributed by atoms with Crippen LogP contribution < -0.4 is 0 Å². The molecule has 14 heavy (non-hydrogen) atoms. The second-order valence-electron chi connectivity index (χ2n) is 2.57. The smallest absolute Gasteiger partial charge is 0.162 e. The van der Waals surface area contributed by atoms with Crippen LogP contribution in [-0.2, 0) is 0 Å². The largest absolute Gasteiger partial charge is 0.264 e. The first-order chi connectivity index (χ1) is 6.77. The molecule has 2 aromatic heterocycles. The fraction of sp³-hybridized carbons (Fsp3) is 0. The first-order valence-electron chi connectivity index (χ1n) is 3.86. The van der Waals surface area contributed by atoms with Gasteiger partial charge in [-0.1, -0.05) is 11.6 Å². The van der Waals surface area contributed by atoms with Gasteiger partial charge in [-0.05, 0) is 28.1 Å². The summed E-state index contributed by atoms with van der Waals surface area (Å²) in [5.74, 6) is 0.575. The van der Waals surface area contributed by atoms with Crippen LogP contribution >= 0.6 is 27.5 Å². The van der Waals surface area contributed by atoms with E-state index in [1.807, 2.05) is 12.1 Å². The highest BCUT2D eigenvalue weighted by molar-refractivity contribution is 9.10. The number of pyridine rings is 1. The average Bonchev–Trinajstić information content (AvgIpc) is 2.23. The lowest BCUT2D eigenvalue weighted by Gasteiger charge is -1.99. The van der Waals surface area contributed by atoms with Crippen molar-refractivity contribution in [2.24, 2.45) is 0 Å². The van der Waals surface area contributed by atoms with E-state index in [1.165, 1.54) is 0 Å². The van der Waals surface area contributed by atoms with Crippen molar-refractivity contribution in [2.45, 2.75) is 0 Å². The molecule has 0 atom stereocenters. The van der Waals surface area contributed by atoms with Gasteiger partial charge in [-0.25, -0.2) is 9.97 Å². The Morgan fingerprint density at radius 1 is 1.29 bits per heavy atom. The van der Waals surface area contributed by atoms with Crippen molar-refractivity contribution < 1.29 is 0 Å². The maximum absolute atomic E-state index is 5.85. The van der Waals surface area contributed by atoms with Crippen molar-refractivity contribution in [1.82, 2.24) is 15.0 Å². The number of hydrogen-bond acceptors (Lipinski definition) is 3. The molecule has 0 aromatic carbocycles. The molecule has 0 radical (unpaired) electrons. The van der Waals surface area contributed by atoms with Gasteiger partial charge in [0.2, 0.25) is 0 Å². The van der Waals surface area contributed by atoms with Crippen LogP contribution in [0.1, 0.15) is 0 Å². The highest BCUT2D eigenvalue weighted by atomic mass is 79.9. The minimum absolute atomic E-state index is 0.402. The van der Waals surface area contributed by atoms with Crippen molar-refractivity contribution >= 4 is 27.5 Å². The van der Waals surface area contributed by atoms with Crippen molar-refractivity contribution in [3.8, 4) is 11.4 Å². The van der Waals surface area contributed by atoms with E-state index in [-0.39, 0.29) is 0 Å². The van der Waals surface area contributed by atoms with Crippen molar-refractivity contribution in [1.29, 1.82) is 0 Å². The second kappa shape index (κ2) is 4.02. The van der Waals surface area contributed by atoms with Crippen LogP contribution in [0.5, 0.6) is 0 Å². The third-order valence-corrected chi connectivity index (χ3v) is 2.72. The van der Waals surface area contributed by atoms with Gasteiger partial charge in [-0.15, -0.1) is 0 Å². The predicted octanol–water partition coefficient (Wildman–Crippen LogP) is 2.95. The first-order valence-corrected chi connectivity index (χ1v) is 5.03. The lowest BCUT2D eigenvalue weighted by atomic mass is 10.3. The summed E-state index contributed by atoms with van der Waals surface area (Å²) in [5.41, 5.74) is 0.849. The van der Waals surface area contributed by atoms with E-state index in [2.05, 4.69) is 30.9 Å². The van der Waals surface area contributed by atoms with Crippen LogP contribution in [0, 0.1) is 0 Å². The van der Waals surface area contributed by atoms with Crippen LogP contribution in [0.25, 0.3) is 11.4 Å². The third kappa shape index (κ3) is 1.91. The quantitative estimate of drug-likeness (QED) is 0.748. The summed E-state index contributed by atoms with van der Waals surface area (Å²) < 4.78 is 0.687. The van der Waals surface area contributed by atoms with E-state index in [0.717, 1.165) is 5.56 Å². The fourth-order valence-corrected chi connectivity index (χ4v) is 1.30. The fourth-order valence-electron chi connectivity index (χ4n) is 0.980. The number of halogens is 2. The SMILES string of the molecule is Clc1nc(-c2cccnc2)ncc1Br. The van der Waals surface area contributed by atoms with Gasteiger partial charge in [0.05, 0.1) is 4.47 Å². The molecule has 0 amide bonds. The molecule has 0 unspecified atom stereocenters. The Balaban J connectivity index is 2.48. The molecule has 2 rings (SSSR count). The normalized spacial score (nSPS) is 10.1. The molecule has 70 valence electrons. The summed E-state index contributed by atoms with van der Waals surface area (Å²) in [6, 6.07) is 3.71. The van der Waals surface area contributed by atoms with E-state index < -0.39 is 0 Å². The molecule has 2 heterocycles. The summed E-state index contributed by atoms with van der Waals surface area (Å²) in [6.07, 6.45) is 5.02. The molecule has 0 saturated carbocycles. The molecular weight excluding hydrogens is 265 g/mol. The van der Waals surface area contributed by atoms with Crippen LogP contribution in [0.15, 0.2) is 35.2 Å². The highest BCUT2D eigenvalue weighted by Crippen LogP contribution is 2.22. The van der Waals surface area contributed by atoms with Gasteiger partial charge in [-0.2, -0.15) is 0 Å². The number of hydrogen-bond donors (Lipinski definition) is 0. The maximum atomic E-state index is 5.85. The molecule has 0 spiro atoms. The Bertz CT molecular complexity index is 447. The van der Waals surface area contributed by atoms with Crippen LogP contribution in [0.3, 0.4) is 0 Å². The first kappa shape index (κ1) is 9.55. The summed E-state index contributed by atoms with van der Waals surface area (Å²) in [5, 5.41) is 0.402. The minimum Gasteiger partial charge on any atom is -0.264 e.